The second-order valence-corrected chi connectivity index (χ2v) is 4.53. The molecule has 5 heteroatoms. The van der Waals surface area contributed by atoms with Gasteiger partial charge in [-0.05, 0) is 30.3 Å². The molecule has 0 fully saturated rings. The van der Waals surface area contributed by atoms with Crippen LogP contribution in [0, 0.1) is 5.82 Å². The number of hydrogen-bond donors (Lipinski definition) is 0. The number of ketones is 1. The van der Waals surface area contributed by atoms with Crippen LogP contribution in [-0.4, -0.2) is 10.8 Å². The molecule has 0 spiro atoms. The zero-order valence-corrected chi connectivity index (χ0v) is 11.1. The number of rotatable bonds is 3. The topological polar surface area (TPSA) is 39.2 Å². The predicted octanol–water partition coefficient (Wildman–Crippen LogP) is 3.98. The summed E-state index contributed by atoms with van der Waals surface area (Å²) in [6.07, 6.45) is 1.39. The van der Waals surface area contributed by atoms with E-state index in [-0.39, 0.29) is 11.5 Å². The van der Waals surface area contributed by atoms with E-state index >= 15 is 0 Å². The Kier molecular flexibility index (Phi) is 3.72. The third-order valence-electron chi connectivity index (χ3n) is 2.22. The summed E-state index contributed by atoms with van der Waals surface area (Å²) in [5.74, 6) is -0.122. The van der Waals surface area contributed by atoms with Gasteiger partial charge in [0.05, 0.1) is 6.20 Å². The van der Waals surface area contributed by atoms with Crippen molar-refractivity contribution < 1.29 is 13.9 Å². The normalized spacial score (nSPS) is 10.2. The molecule has 18 heavy (non-hydrogen) atoms. The van der Waals surface area contributed by atoms with Crippen LogP contribution in [0.3, 0.4) is 0 Å². The maximum absolute atomic E-state index is 13.4. The first-order chi connectivity index (χ1) is 8.56. The second kappa shape index (κ2) is 5.27. The number of benzene rings is 1. The molecule has 92 valence electrons. The summed E-state index contributed by atoms with van der Waals surface area (Å²) in [5.41, 5.74) is 0.345. The monoisotopic (exact) mass is 309 g/mol. The van der Waals surface area contributed by atoms with E-state index in [1.807, 2.05) is 0 Å². The molecule has 0 aliphatic rings. The molecule has 0 radical (unpaired) electrons. The quantitative estimate of drug-likeness (QED) is 0.805. The molecule has 2 aromatic rings. The lowest BCUT2D eigenvalue weighted by Crippen LogP contribution is -1.96. The minimum atomic E-state index is -0.464. The van der Waals surface area contributed by atoms with Crippen molar-refractivity contribution in [3.63, 3.8) is 0 Å². The Bertz CT molecular complexity index is 584. The van der Waals surface area contributed by atoms with E-state index in [2.05, 4.69) is 20.9 Å². The summed E-state index contributed by atoms with van der Waals surface area (Å²) < 4.78 is 19.5. The number of hydrogen-bond acceptors (Lipinski definition) is 3. The SMILES string of the molecule is CC(=O)c1ccc(Oc2cc(Br)ccc2F)cn1. The van der Waals surface area contributed by atoms with Crippen LogP contribution in [0.25, 0.3) is 0 Å². The molecular formula is C13H9BrFNO2. The first-order valence-corrected chi connectivity index (χ1v) is 5.95. The fraction of sp³-hybridized carbons (Fsp3) is 0.0769. The van der Waals surface area contributed by atoms with Gasteiger partial charge in [-0.2, -0.15) is 0 Å². The van der Waals surface area contributed by atoms with Crippen molar-refractivity contribution in [3.05, 3.63) is 52.5 Å². The van der Waals surface area contributed by atoms with E-state index in [0.717, 1.165) is 0 Å². The molecule has 3 nitrogen and oxygen atoms in total. The standard InChI is InChI=1S/C13H9BrFNO2/c1-8(17)12-5-3-10(7-16-12)18-13-6-9(14)2-4-11(13)15/h2-7H,1H3. The van der Waals surface area contributed by atoms with Gasteiger partial charge in [0, 0.05) is 11.4 Å². The van der Waals surface area contributed by atoms with Crippen molar-refractivity contribution >= 4 is 21.7 Å². The van der Waals surface area contributed by atoms with Crippen molar-refractivity contribution in [1.29, 1.82) is 0 Å². The van der Waals surface area contributed by atoms with Gasteiger partial charge in [-0.15, -0.1) is 0 Å². The summed E-state index contributed by atoms with van der Waals surface area (Å²) >= 11 is 3.23. The molecule has 0 amide bonds. The van der Waals surface area contributed by atoms with E-state index in [4.69, 9.17) is 4.74 Å². The highest BCUT2D eigenvalue weighted by Crippen LogP contribution is 2.27. The van der Waals surface area contributed by atoms with Crippen molar-refractivity contribution in [2.45, 2.75) is 6.92 Å². The lowest BCUT2D eigenvalue weighted by atomic mass is 10.3. The molecule has 1 aromatic heterocycles. The Morgan fingerprint density at radius 2 is 2.11 bits per heavy atom. The van der Waals surface area contributed by atoms with Crippen LogP contribution in [0.15, 0.2) is 41.0 Å². The van der Waals surface area contributed by atoms with Gasteiger partial charge in [0.25, 0.3) is 0 Å². The number of carbonyl (C=O) groups is 1. The summed E-state index contributed by atoms with van der Waals surface area (Å²) in [4.78, 5) is 15.0. The van der Waals surface area contributed by atoms with Gasteiger partial charge in [-0.1, -0.05) is 15.9 Å². The van der Waals surface area contributed by atoms with Crippen LogP contribution >= 0.6 is 15.9 Å². The molecule has 0 atom stereocenters. The Morgan fingerprint density at radius 1 is 1.33 bits per heavy atom. The van der Waals surface area contributed by atoms with E-state index in [0.29, 0.717) is 15.9 Å². The minimum absolute atomic E-state index is 0.0988. The molecule has 0 aliphatic heterocycles. The molecule has 0 bridgehead atoms. The number of Topliss-reactive ketones (excluding diaryl/α,β-unsaturated/α-hetero) is 1. The van der Waals surface area contributed by atoms with Crippen LogP contribution in [0.4, 0.5) is 4.39 Å². The molecule has 0 unspecified atom stereocenters. The molecule has 1 heterocycles. The summed E-state index contributed by atoms with van der Waals surface area (Å²) in [5, 5.41) is 0. The van der Waals surface area contributed by atoms with Crippen LogP contribution in [-0.2, 0) is 0 Å². The fourth-order valence-corrected chi connectivity index (χ4v) is 1.67. The van der Waals surface area contributed by atoms with Gasteiger partial charge < -0.3 is 4.74 Å². The zero-order chi connectivity index (χ0) is 13.1. The van der Waals surface area contributed by atoms with Crippen LogP contribution in [0.2, 0.25) is 0 Å². The molecule has 0 aliphatic carbocycles. The third-order valence-corrected chi connectivity index (χ3v) is 2.71. The predicted molar refractivity (Wildman–Crippen MR) is 68.4 cm³/mol. The van der Waals surface area contributed by atoms with Crippen molar-refractivity contribution in [2.24, 2.45) is 0 Å². The average molecular weight is 310 g/mol. The summed E-state index contributed by atoms with van der Waals surface area (Å²) in [7, 11) is 0. The van der Waals surface area contributed by atoms with Crippen LogP contribution in [0.5, 0.6) is 11.5 Å². The molecule has 0 saturated carbocycles. The van der Waals surface area contributed by atoms with Crippen LogP contribution < -0.4 is 4.74 Å². The minimum Gasteiger partial charge on any atom is -0.453 e. The van der Waals surface area contributed by atoms with Crippen molar-refractivity contribution in [1.82, 2.24) is 4.98 Å². The highest BCUT2D eigenvalue weighted by Gasteiger charge is 2.07. The molecule has 0 N–H and O–H groups in total. The van der Waals surface area contributed by atoms with Gasteiger partial charge in [0.2, 0.25) is 0 Å². The highest BCUT2D eigenvalue weighted by molar-refractivity contribution is 9.10. The van der Waals surface area contributed by atoms with Gasteiger partial charge >= 0.3 is 0 Å². The first-order valence-electron chi connectivity index (χ1n) is 5.16. The lowest BCUT2D eigenvalue weighted by molar-refractivity contribution is 0.101. The Hall–Kier alpha value is -1.75. The number of aromatic nitrogens is 1. The maximum atomic E-state index is 13.4. The largest absolute Gasteiger partial charge is 0.453 e. The molecular weight excluding hydrogens is 301 g/mol. The average Bonchev–Trinajstić information content (AvgIpc) is 2.34. The number of nitrogens with zero attached hydrogens (tertiary/aromatic N) is 1. The molecule has 2 rings (SSSR count). The smallest absolute Gasteiger partial charge is 0.178 e. The summed E-state index contributed by atoms with van der Waals surface area (Å²) in [6, 6.07) is 7.52. The van der Waals surface area contributed by atoms with E-state index < -0.39 is 5.82 Å². The number of carbonyl (C=O) groups excluding carboxylic acids is 1. The van der Waals surface area contributed by atoms with E-state index in [1.54, 1.807) is 12.1 Å². The van der Waals surface area contributed by atoms with Crippen molar-refractivity contribution in [2.75, 3.05) is 0 Å². The van der Waals surface area contributed by atoms with Gasteiger partial charge in [-0.25, -0.2) is 9.37 Å². The second-order valence-electron chi connectivity index (χ2n) is 3.61. The Balaban J connectivity index is 2.23. The molecule has 1 aromatic carbocycles. The fourth-order valence-electron chi connectivity index (χ4n) is 1.33. The maximum Gasteiger partial charge on any atom is 0.178 e. The van der Waals surface area contributed by atoms with Crippen molar-refractivity contribution in [3.8, 4) is 11.5 Å². The number of ether oxygens (including phenoxy) is 1. The van der Waals surface area contributed by atoms with Gasteiger partial charge in [-0.3, -0.25) is 4.79 Å². The third kappa shape index (κ3) is 2.92. The lowest BCUT2D eigenvalue weighted by Gasteiger charge is -2.07. The Morgan fingerprint density at radius 3 is 2.72 bits per heavy atom. The highest BCUT2D eigenvalue weighted by atomic mass is 79.9. The number of pyridine rings is 1. The first kappa shape index (κ1) is 12.7. The van der Waals surface area contributed by atoms with E-state index in [9.17, 15) is 9.18 Å². The van der Waals surface area contributed by atoms with Crippen LogP contribution in [0.1, 0.15) is 17.4 Å². The van der Waals surface area contributed by atoms with E-state index in [1.165, 1.54) is 31.3 Å². The van der Waals surface area contributed by atoms with Gasteiger partial charge in [0.1, 0.15) is 11.4 Å². The summed E-state index contributed by atoms with van der Waals surface area (Å²) in [6.45, 7) is 1.43. The number of halogens is 2. The van der Waals surface area contributed by atoms with Gasteiger partial charge in [0.15, 0.2) is 17.3 Å². The molecule has 0 saturated heterocycles. The zero-order valence-electron chi connectivity index (χ0n) is 9.48. The Labute approximate surface area is 112 Å².